The van der Waals surface area contributed by atoms with Crippen LogP contribution in [0.25, 0.3) is 5.69 Å². The number of nitrogens with one attached hydrogen (secondary N) is 2. The number of methoxy groups -OCH3 is 1. The molecule has 4 aromatic rings. The third-order valence-corrected chi connectivity index (χ3v) is 7.43. The smallest absolute Gasteiger partial charge is 0.262 e. The zero-order chi connectivity index (χ0) is 25.7. The topological polar surface area (TPSA) is 128 Å². The van der Waals surface area contributed by atoms with Gasteiger partial charge in [0.1, 0.15) is 5.75 Å². The standard InChI is InChI=1S/C24H24N6O4S2/c1-16-11-12-17(2)21(13-16)30-24(26-28-29-30)35-15-23(31)25-18-7-6-8-19(14-18)36(32,33)27-20-9-4-5-10-22(20)34-3/h4-14,27H,15H2,1-3H3,(H,25,31). The molecule has 4 rings (SSSR count). The van der Waals surface area contributed by atoms with Gasteiger partial charge in [-0.25, -0.2) is 8.42 Å². The monoisotopic (exact) mass is 524 g/mol. The summed E-state index contributed by atoms with van der Waals surface area (Å²) in [6.45, 7) is 3.94. The third kappa shape index (κ3) is 5.83. The minimum atomic E-state index is -3.91. The normalized spacial score (nSPS) is 11.2. The van der Waals surface area contributed by atoms with E-state index < -0.39 is 10.0 Å². The molecule has 0 bridgehead atoms. The number of carbonyl (C=O) groups is 1. The van der Waals surface area contributed by atoms with E-state index in [1.54, 1.807) is 41.1 Å². The highest BCUT2D eigenvalue weighted by atomic mass is 32.2. The molecule has 36 heavy (non-hydrogen) atoms. The van der Waals surface area contributed by atoms with Gasteiger partial charge in [0.2, 0.25) is 11.1 Å². The predicted octanol–water partition coefficient (Wildman–Crippen LogP) is 3.82. The van der Waals surface area contributed by atoms with Crippen LogP contribution in [-0.4, -0.2) is 47.4 Å². The van der Waals surface area contributed by atoms with E-state index in [2.05, 4.69) is 25.6 Å². The average molecular weight is 525 g/mol. The van der Waals surface area contributed by atoms with Crippen molar-refractivity contribution in [3.63, 3.8) is 0 Å². The fourth-order valence-corrected chi connectivity index (χ4v) is 5.17. The summed E-state index contributed by atoms with van der Waals surface area (Å²) in [5.74, 6) is 0.0929. The number of benzene rings is 3. The van der Waals surface area contributed by atoms with Crippen LogP contribution in [0.2, 0.25) is 0 Å². The van der Waals surface area contributed by atoms with E-state index in [0.717, 1.165) is 16.8 Å². The molecule has 3 aromatic carbocycles. The zero-order valence-corrected chi connectivity index (χ0v) is 21.4. The zero-order valence-electron chi connectivity index (χ0n) is 19.8. The van der Waals surface area contributed by atoms with E-state index in [1.807, 2.05) is 32.0 Å². The Labute approximate surface area is 213 Å². The molecular weight excluding hydrogens is 500 g/mol. The number of sulfonamides is 1. The number of aromatic nitrogens is 4. The third-order valence-electron chi connectivity index (χ3n) is 5.15. The van der Waals surface area contributed by atoms with Crippen LogP contribution in [0, 0.1) is 13.8 Å². The van der Waals surface area contributed by atoms with E-state index in [1.165, 1.54) is 31.0 Å². The van der Waals surface area contributed by atoms with Crippen molar-refractivity contribution in [2.75, 3.05) is 22.9 Å². The minimum absolute atomic E-state index is 0.00211. The van der Waals surface area contributed by atoms with Gasteiger partial charge in [0.15, 0.2) is 0 Å². The van der Waals surface area contributed by atoms with Crippen molar-refractivity contribution >= 4 is 39.1 Å². The Morgan fingerprint density at radius 2 is 1.86 bits per heavy atom. The molecule has 0 radical (unpaired) electrons. The highest BCUT2D eigenvalue weighted by Gasteiger charge is 2.18. The van der Waals surface area contributed by atoms with Crippen molar-refractivity contribution in [1.29, 1.82) is 0 Å². The molecule has 0 aliphatic rings. The van der Waals surface area contributed by atoms with Gasteiger partial charge in [-0.2, -0.15) is 4.68 Å². The molecule has 1 amide bonds. The number of rotatable bonds is 9. The van der Waals surface area contributed by atoms with Crippen molar-refractivity contribution in [3.8, 4) is 11.4 Å². The SMILES string of the molecule is COc1ccccc1NS(=O)(=O)c1cccc(NC(=O)CSc2nnnn2-c2cc(C)ccc2C)c1. The second kappa shape index (κ2) is 10.8. The summed E-state index contributed by atoms with van der Waals surface area (Å²) >= 11 is 1.18. The number of hydrogen-bond acceptors (Lipinski definition) is 8. The Balaban J connectivity index is 1.43. The molecule has 10 nitrogen and oxygen atoms in total. The van der Waals surface area contributed by atoms with Crippen LogP contribution < -0.4 is 14.8 Å². The highest BCUT2D eigenvalue weighted by Crippen LogP contribution is 2.27. The Kier molecular flexibility index (Phi) is 7.55. The summed E-state index contributed by atoms with van der Waals surface area (Å²) in [5, 5.41) is 15.0. The van der Waals surface area contributed by atoms with Crippen LogP contribution in [0.5, 0.6) is 5.75 Å². The second-order valence-corrected chi connectivity index (χ2v) is 10.5. The van der Waals surface area contributed by atoms with Crippen LogP contribution in [0.4, 0.5) is 11.4 Å². The first-order valence-corrected chi connectivity index (χ1v) is 13.3. The van der Waals surface area contributed by atoms with Crippen molar-refractivity contribution in [2.24, 2.45) is 0 Å². The molecule has 0 atom stereocenters. The van der Waals surface area contributed by atoms with Gasteiger partial charge in [0, 0.05) is 5.69 Å². The van der Waals surface area contributed by atoms with Gasteiger partial charge in [-0.15, -0.1) is 5.10 Å². The van der Waals surface area contributed by atoms with Crippen LogP contribution in [0.3, 0.4) is 0 Å². The molecule has 0 unspecified atom stereocenters. The average Bonchev–Trinajstić information content (AvgIpc) is 3.33. The number of nitrogens with zero attached hydrogens (tertiary/aromatic N) is 4. The fraction of sp³-hybridized carbons (Fsp3) is 0.167. The van der Waals surface area contributed by atoms with Crippen LogP contribution >= 0.6 is 11.8 Å². The number of ether oxygens (including phenoxy) is 1. The van der Waals surface area contributed by atoms with Gasteiger partial charge in [0.25, 0.3) is 10.0 Å². The molecule has 0 aliphatic carbocycles. The summed E-state index contributed by atoms with van der Waals surface area (Å²) in [6.07, 6.45) is 0. The Morgan fingerprint density at radius 3 is 2.67 bits per heavy atom. The maximum atomic E-state index is 12.9. The number of aryl methyl sites for hydroxylation is 2. The molecule has 12 heteroatoms. The maximum Gasteiger partial charge on any atom is 0.262 e. The summed E-state index contributed by atoms with van der Waals surface area (Å²) in [4.78, 5) is 12.6. The van der Waals surface area contributed by atoms with Crippen molar-refractivity contribution in [3.05, 3.63) is 77.9 Å². The summed E-state index contributed by atoms with van der Waals surface area (Å²) in [7, 11) is -2.45. The van der Waals surface area contributed by atoms with Crippen molar-refractivity contribution in [2.45, 2.75) is 23.9 Å². The maximum absolute atomic E-state index is 12.9. The number of anilines is 2. The van der Waals surface area contributed by atoms with E-state index in [4.69, 9.17) is 4.74 Å². The minimum Gasteiger partial charge on any atom is -0.495 e. The van der Waals surface area contributed by atoms with Gasteiger partial charge in [-0.1, -0.05) is 42.1 Å². The molecule has 0 saturated heterocycles. The lowest BCUT2D eigenvalue weighted by molar-refractivity contribution is -0.113. The Bertz CT molecular complexity index is 1500. The summed E-state index contributed by atoms with van der Waals surface area (Å²) in [5.41, 5.74) is 3.56. The van der Waals surface area contributed by atoms with Crippen molar-refractivity contribution < 1.29 is 17.9 Å². The van der Waals surface area contributed by atoms with E-state index in [9.17, 15) is 13.2 Å². The molecule has 0 spiro atoms. The first kappa shape index (κ1) is 25.2. The number of thioether (sulfide) groups is 1. The first-order valence-electron chi connectivity index (χ1n) is 10.8. The molecule has 1 aromatic heterocycles. The lowest BCUT2D eigenvalue weighted by Gasteiger charge is -2.12. The number of para-hydroxylation sites is 2. The predicted molar refractivity (Wildman–Crippen MR) is 138 cm³/mol. The molecule has 0 fully saturated rings. The number of hydrogen-bond donors (Lipinski definition) is 2. The molecule has 0 aliphatic heterocycles. The summed E-state index contributed by atoms with van der Waals surface area (Å²) < 4.78 is 35.1. The van der Waals surface area contributed by atoms with Crippen LogP contribution in [0.1, 0.15) is 11.1 Å². The van der Waals surface area contributed by atoms with Crippen molar-refractivity contribution in [1.82, 2.24) is 20.2 Å². The van der Waals surface area contributed by atoms with E-state index in [0.29, 0.717) is 22.3 Å². The quantitative estimate of drug-likeness (QED) is 0.316. The molecule has 2 N–H and O–H groups in total. The lowest BCUT2D eigenvalue weighted by Crippen LogP contribution is -2.16. The lowest BCUT2D eigenvalue weighted by atomic mass is 10.1. The highest BCUT2D eigenvalue weighted by molar-refractivity contribution is 7.99. The van der Waals surface area contributed by atoms with Gasteiger partial charge in [0.05, 0.1) is 29.1 Å². The fourth-order valence-electron chi connectivity index (χ4n) is 3.37. The second-order valence-electron chi connectivity index (χ2n) is 7.83. The molecule has 0 saturated carbocycles. The molecule has 186 valence electrons. The molecular formula is C24H24N6O4S2. The van der Waals surface area contributed by atoms with E-state index in [-0.39, 0.29) is 16.6 Å². The Hall–Kier alpha value is -3.90. The largest absolute Gasteiger partial charge is 0.495 e. The van der Waals surface area contributed by atoms with Crippen LogP contribution in [-0.2, 0) is 14.8 Å². The van der Waals surface area contributed by atoms with Gasteiger partial charge < -0.3 is 10.1 Å². The Morgan fingerprint density at radius 1 is 1.06 bits per heavy atom. The van der Waals surface area contributed by atoms with E-state index >= 15 is 0 Å². The summed E-state index contributed by atoms with van der Waals surface area (Å²) in [6, 6.07) is 18.7. The van der Waals surface area contributed by atoms with Crippen LogP contribution in [0.15, 0.2) is 76.8 Å². The first-order chi connectivity index (χ1) is 17.3. The number of tetrazole rings is 1. The number of amides is 1. The van der Waals surface area contributed by atoms with Gasteiger partial charge in [-0.05, 0) is 71.8 Å². The molecule has 1 heterocycles. The van der Waals surface area contributed by atoms with Gasteiger partial charge >= 0.3 is 0 Å². The number of carbonyl (C=O) groups excluding carboxylic acids is 1. The van der Waals surface area contributed by atoms with Gasteiger partial charge in [-0.3, -0.25) is 9.52 Å².